The van der Waals surface area contributed by atoms with Crippen molar-refractivity contribution in [3.63, 3.8) is 0 Å². The molecule has 2 aliphatic rings. The van der Waals surface area contributed by atoms with Crippen molar-refractivity contribution in [2.45, 2.75) is 64.3 Å². The van der Waals surface area contributed by atoms with Crippen LogP contribution in [0.3, 0.4) is 0 Å². The number of carbonyl (C=O) groups excluding carboxylic acids is 3. The molecular weight excluding hydrogens is 498 g/mol. The highest BCUT2D eigenvalue weighted by Gasteiger charge is 2.37. The standard InChI is InChI=1S/C25H34ClN7O4/c1-15(2)9-20-24(35)27-12-18-14-33(31-30-18)7-4-8-37-22-10-16(26)5-6-19(22)23(34)28-17-11-21(25(36)29-20)32(3)13-17/h5-6,10,14-15,17,20-21H,4,7-9,11-13H2,1-3H3,(H,27,35)(H,28,34)(H,29,36)/t17-,20+,21-/m0/s1. The van der Waals surface area contributed by atoms with Gasteiger partial charge in [0.2, 0.25) is 11.8 Å². The average molecular weight is 532 g/mol. The second-order valence-corrected chi connectivity index (χ2v) is 10.5. The summed E-state index contributed by atoms with van der Waals surface area (Å²) in [6, 6.07) is 3.53. The van der Waals surface area contributed by atoms with Gasteiger partial charge in [0.15, 0.2) is 0 Å². The van der Waals surface area contributed by atoms with Gasteiger partial charge >= 0.3 is 0 Å². The number of likely N-dealkylation sites (tertiary alicyclic amines) is 1. The van der Waals surface area contributed by atoms with Gasteiger partial charge in [0.05, 0.1) is 31.0 Å². The summed E-state index contributed by atoms with van der Waals surface area (Å²) in [4.78, 5) is 41.2. The second-order valence-electron chi connectivity index (χ2n) is 10.1. The number of aromatic nitrogens is 3. The monoisotopic (exact) mass is 531 g/mol. The highest BCUT2D eigenvalue weighted by Crippen LogP contribution is 2.25. The van der Waals surface area contributed by atoms with Gasteiger partial charge in [-0.3, -0.25) is 24.0 Å². The number of hydrogen-bond donors (Lipinski definition) is 3. The van der Waals surface area contributed by atoms with E-state index in [2.05, 4.69) is 26.3 Å². The fourth-order valence-corrected chi connectivity index (χ4v) is 4.85. The molecule has 3 atom stereocenters. The van der Waals surface area contributed by atoms with Gasteiger partial charge in [-0.05, 0) is 44.0 Å². The second kappa shape index (κ2) is 11.9. The van der Waals surface area contributed by atoms with Gasteiger partial charge < -0.3 is 20.7 Å². The summed E-state index contributed by atoms with van der Waals surface area (Å²) in [5.41, 5.74) is 0.997. The van der Waals surface area contributed by atoms with Crippen molar-refractivity contribution < 1.29 is 19.1 Å². The minimum absolute atomic E-state index is 0.201. The minimum Gasteiger partial charge on any atom is -0.493 e. The van der Waals surface area contributed by atoms with E-state index >= 15 is 0 Å². The van der Waals surface area contributed by atoms with E-state index in [0.29, 0.717) is 61.0 Å². The molecule has 0 aliphatic carbocycles. The average Bonchev–Trinajstić information content (AvgIpc) is 3.45. The van der Waals surface area contributed by atoms with Gasteiger partial charge in [0.25, 0.3) is 5.91 Å². The first-order chi connectivity index (χ1) is 17.7. The number of carbonyl (C=O) groups is 3. The molecule has 3 N–H and O–H groups in total. The highest BCUT2D eigenvalue weighted by atomic mass is 35.5. The lowest BCUT2D eigenvalue weighted by atomic mass is 10.0. The summed E-state index contributed by atoms with van der Waals surface area (Å²) >= 11 is 6.17. The maximum absolute atomic E-state index is 13.2. The topological polar surface area (TPSA) is 130 Å². The number of nitrogens with one attached hydrogen (secondary N) is 3. The molecule has 200 valence electrons. The van der Waals surface area contributed by atoms with Gasteiger partial charge in [-0.2, -0.15) is 0 Å². The fraction of sp³-hybridized carbons (Fsp3) is 0.560. The lowest BCUT2D eigenvalue weighted by molar-refractivity contribution is -0.131. The molecule has 0 unspecified atom stereocenters. The SMILES string of the molecule is CC(C)C[C@H]1NC(=O)[C@@H]2C[C@@H](CN2C)NC(=O)c2ccc(Cl)cc2OCCCn2cc(nn2)CNC1=O. The molecule has 3 amide bonds. The molecule has 0 saturated carbocycles. The Kier molecular flexibility index (Phi) is 8.65. The van der Waals surface area contributed by atoms with Crippen LogP contribution in [0.1, 0.15) is 49.2 Å². The third kappa shape index (κ3) is 6.98. The van der Waals surface area contributed by atoms with E-state index in [1.807, 2.05) is 25.8 Å². The molecular formula is C25H34ClN7O4. The van der Waals surface area contributed by atoms with Crippen molar-refractivity contribution in [1.29, 1.82) is 0 Å². The number of rotatable bonds is 2. The van der Waals surface area contributed by atoms with Crippen molar-refractivity contribution in [3.05, 3.63) is 40.7 Å². The molecule has 4 rings (SSSR count). The van der Waals surface area contributed by atoms with Crippen LogP contribution >= 0.6 is 11.6 Å². The van der Waals surface area contributed by atoms with Crippen LogP contribution in [0.5, 0.6) is 5.75 Å². The van der Waals surface area contributed by atoms with Crippen molar-refractivity contribution in [2.75, 3.05) is 20.2 Å². The lowest BCUT2D eigenvalue weighted by Gasteiger charge is -2.24. The Morgan fingerprint density at radius 3 is 2.78 bits per heavy atom. The minimum atomic E-state index is -0.677. The molecule has 1 aromatic carbocycles. The summed E-state index contributed by atoms with van der Waals surface area (Å²) in [6.07, 6.45) is 3.32. The first-order valence-corrected chi connectivity index (χ1v) is 13.0. The van der Waals surface area contributed by atoms with Crippen molar-refractivity contribution in [3.8, 4) is 5.75 Å². The maximum Gasteiger partial charge on any atom is 0.255 e. The number of nitrogens with zero attached hydrogens (tertiary/aromatic N) is 4. The predicted molar refractivity (Wildman–Crippen MR) is 137 cm³/mol. The number of amides is 3. The molecule has 0 spiro atoms. The molecule has 2 aromatic rings. The number of aryl methyl sites for hydroxylation is 1. The van der Waals surface area contributed by atoms with E-state index in [1.165, 1.54) is 0 Å². The molecule has 0 radical (unpaired) electrons. The Balaban J connectivity index is 1.57. The summed E-state index contributed by atoms with van der Waals surface area (Å²) in [6.45, 7) is 5.61. The molecule has 12 heteroatoms. The van der Waals surface area contributed by atoms with Crippen LogP contribution in [0.2, 0.25) is 5.02 Å². The van der Waals surface area contributed by atoms with Gasteiger partial charge in [0.1, 0.15) is 17.5 Å². The summed E-state index contributed by atoms with van der Waals surface area (Å²) < 4.78 is 7.58. The zero-order valence-electron chi connectivity index (χ0n) is 21.4. The number of ether oxygens (including phenoxy) is 1. The predicted octanol–water partition coefficient (Wildman–Crippen LogP) is 1.36. The molecule has 3 heterocycles. The number of likely N-dealkylation sites (N-methyl/N-ethyl adjacent to an activating group) is 1. The molecule has 1 saturated heterocycles. The Hall–Kier alpha value is -3.18. The summed E-state index contributed by atoms with van der Waals surface area (Å²) in [7, 11) is 1.84. The Morgan fingerprint density at radius 2 is 2.00 bits per heavy atom. The number of benzene rings is 1. The maximum atomic E-state index is 13.2. The Labute approximate surface area is 221 Å². The van der Waals surface area contributed by atoms with E-state index < -0.39 is 12.1 Å². The number of hydrogen-bond acceptors (Lipinski definition) is 7. The van der Waals surface area contributed by atoms with Crippen LogP contribution < -0.4 is 20.7 Å². The normalized spacial score (nSPS) is 24.0. The zero-order chi connectivity index (χ0) is 26.5. The Morgan fingerprint density at radius 1 is 1.19 bits per heavy atom. The van der Waals surface area contributed by atoms with E-state index in [0.717, 1.165) is 0 Å². The van der Waals surface area contributed by atoms with E-state index in [4.69, 9.17) is 16.3 Å². The third-order valence-electron chi connectivity index (χ3n) is 6.53. The molecule has 1 aromatic heterocycles. The van der Waals surface area contributed by atoms with Crippen molar-refractivity contribution in [2.24, 2.45) is 5.92 Å². The first-order valence-electron chi connectivity index (χ1n) is 12.6. The van der Waals surface area contributed by atoms with Gasteiger partial charge in [-0.25, -0.2) is 0 Å². The third-order valence-corrected chi connectivity index (χ3v) is 6.77. The van der Waals surface area contributed by atoms with E-state index in [1.54, 1.807) is 29.1 Å². The molecule has 1 fully saturated rings. The summed E-state index contributed by atoms with van der Waals surface area (Å²) in [5.74, 6) is -0.195. The number of fused-ring (bicyclic) bond motifs is 5. The fourth-order valence-electron chi connectivity index (χ4n) is 4.69. The van der Waals surface area contributed by atoms with Crippen LogP contribution in [0.15, 0.2) is 24.4 Å². The van der Waals surface area contributed by atoms with Gasteiger partial charge in [-0.15, -0.1) is 5.10 Å². The lowest BCUT2D eigenvalue weighted by Crippen LogP contribution is -2.52. The number of halogens is 1. The van der Waals surface area contributed by atoms with Crippen molar-refractivity contribution >= 4 is 29.3 Å². The molecule has 2 aliphatic heterocycles. The van der Waals surface area contributed by atoms with Crippen LogP contribution in [-0.4, -0.2) is 75.9 Å². The van der Waals surface area contributed by atoms with Crippen LogP contribution in [0.25, 0.3) is 0 Å². The van der Waals surface area contributed by atoms with E-state index in [-0.39, 0.29) is 36.2 Å². The summed E-state index contributed by atoms with van der Waals surface area (Å²) in [5, 5.41) is 17.5. The van der Waals surface area contributed by atoms with Gasteiger partial charge in [-0.1, -0.05) is 30.7 Å². The van der Waals surface area contributed by atoms with E-state index in [9.17, 15) is 14.4 Å². The largest absolute Gasteiger partial charge is 0.493 e. The molecule has 11 nitrogen and oxygen atoms in total. The van der Waals surface area contributed by atoms with Crippen LogP contribution in [0, 0.1) is 5.92 Å². The Bertz CT molecular complexity index is 1140. The molecule has 4 bridgehead atoms. The first kappa shape index (κ1) is 26.9. The smallest absolute Gasteiger partial charge is 0.255 e. The highest BCUT2D eigenvalue weighted by molar-refractivity contribution is 6.30. The van der Waals surface area contributed by atoms with Crippen LogP contribution in [-0.2, 0) is 22.7 Å². The zero-order valence-corrected chi connectivity index (χ0v) is 22.1. The quantitative estimate of drug-likeness (QED) is 0.533. The van der Waals surface area contributed by atoms with Gasteiger partial charge in [0, 0.05) is 30.6 Å². The van der Waals surface area contributed by atoms with Crippen molar-refractivity contribution in [1.82, 2.24) is 35.8 Å². The van der Waals surface area contributed by atoms with Crippen LogP contribution in [0.4, 0.5) is 0 Å². The molecule has 37 heavy (non-hydrogen) atoms.